The standard InChI is InChI=1S/C17H17N3O3/c1-10-7-11(4-5-14(22)23)15-13(8-10)19-17(20-15)16-12(9-21)3-2-6-18-16/h2-3,6-8,21H,4-5,9H2,1H3,(H,19,20)(H,22,23). The highest BCUT2D eigenvalue weighted by Gasteiger charge is 2.14. The second-order valence-corrected chi connectivity index (χ2v) is 5.47. The van der Waals surface area contributed by atoms with Crippen LogP contribution < -0.4 is 0 Å². The van der Waals surface area contributed by atoms with Crippen molar-refractivity contribution in [2.24, 2.45) is 0 Å². The van der Waals surface area contributed by atoms with E-state index in [-0.39, 0.29) is 13.0 Å². The van der Waals surface area contributed by atoms with Crippen LogP contribution in [0.15, 0.2) is 30.5 Å². The Hall–Kier alpha value is -2.73. The number of hydrogen-bond acceptors (Lipinski definition) is 4. The molecule has 2 aromatic heterocycles. The summed E-state index contributed by atoms with van der Waals surface area (Å²) in [6, 6.07) is 7.48. The van der Waals surface area contributed by atoms with Crippen molar-refractivity contribution in [3.05, 3.63) is 47.2 Å². The molecule has 0 unspecified atom stereocenters. The van der Waals surface area contributed by atoms with E-state index in [0.29, 0.717) is 23.5 Å². The first-order valence-corrected chi connectivity index (χ1v) is 7.34. The van der Waals surface area contributed by atoms with Gasteiger partial charge in [-0.25, -0.2) is 4.98 Å². The third-order valence-corrected chi connectivity index (χ3v) is 3.71. The summed E-state index contributed by atoms with van der Waals surface area (Å²) < 4.78 is 0. The van der Waals surface area contributed by atoms with E-state index in [9.17, 15) is 9.90 Å². The minimum atomic E-state index is -0.827. The molecule has 0 spiro atoms. The van der Waals surface area contributed by atoms with Gasteiger partial charge in [-0.05, 0) is 36.6 Å². The molecule has 3 rings (SSSR count). The van der Waals surface area contributed by atoms with Crippen molar-refractivity contribution in [3.8, 4) is 11.5 Å². The smallest absolute Gasteiger partial charge is 0.303 e. The normalized spacial score (nSPS) is 11.0. The van der Waals surface area contributed by atoms with Crippen LogP contribution in [-0.4, -0.2) is 31.1 Å². The van der Waals surface area contributed by atoms with Crippen molar-refractivity contribution >= 4 is 17.0 Å². The topological polar surface area (TPSA) is 99.1 Å². The molecule has 0 saturated heterocycles. The average Bonchev–Trinajstić information content (AvgIpc) is 2.96. The first-order valence-electron chi connectivity index (χ1n) is 7.34. The molecule has 3 N–H and O–H groups in total. The SMILES string of the molecule is Cc1cc(CCC(=O)O)c2[nH]c(-c3ncccc3CO)nc2c1. The highest BCUT2D eigenvalue weighted by atomic mass is 16.4. The van der Waals surface area contributed by atoms with Crippen LogP contribution >= 0.6 is 0 Å². The number of aliphatic hydroxyl groups excluding tert-OH is 1. The van der Waals surface area contributed by atoms with E-state index in [1.54, 1.807) is 18.3 Å². The number of imidazole rings is 1. The lowest BCUT2D eigenvalue weighted by Gasteiger charge is -2.03. The molecule has 6 heteroatoms. The van der Waals surface area contributed by atoms with Crippen LogP contribution in [0.4, 0.5) is 0 Å². The number of aliphatic carboxylic acids is 1. The number of fused-ring (bicyclic) bond motifs is 1. The van der Waals surface area contributed by atoms with Crippen LogP contribution in [0, 0.1) is 6.92 Å². The molecule has 0 amide bonds. The molecule has 23 heavy (non-hydrogen) atoms. The zero-order valence-corrected chi connectivity index (χ0v) is 12.7. The Morgan fingerprint density at radius 2 is 2.13 bits per heavy atom. The van der Waals surface area contributed by atoms with Crippen molar-refractivity contribution in [1.82, 2.24) is 15.0 Å². The van der Waals surface area contributed by atoms with Gasteiger partial charge in [-0.3, -0.25) is 9.78 Å². The Balaban J connectivity index is 2.11. The van der Waals surface area contributed by atoms with Gasteiger partial charge in [0.05, 0.1) is 17.6 Å². The summed E-state index contributed by atoms with van der Waals surface area (Å²) in [7, 11) is 0. The number of nitrogens with one attached hydrogen (secondary N) is 1. The summed E-state index contributed by atoms with van der Waals surface area (Å²) >= 11 is 0. The summed E-state index contributed by atoms with van der Waals surface area (Å²) in [5.74, 6) is -0.251. The number of H-pyrrole nitrogens is 1. The Labute approximate surface area is 132 Å². The molecule has 0 aliphatic rings. The average molecular weight is 311 g/mol. The third kappa shape index (κ3) is 3.07. The number of aromatic nitrogens is 3. The van der Waals surface area contributed by atoms with E-state index in [2.05, 4.69) is 15.0 Å². The van der Waals surface area contributed by atoms with Crippen molar-refractivity contribution in [3.63, 3.8) is 0 Å². The fraction of sp³-hybridized carbons (Fsp3) is 0.235. The predicted molar refractivity (Wildman–Crippen MR) is 85.9 cm³/mol. The summed E-state index contributed by atoms with van der Waals surface area (Å²) in [5.41, 5.74) is 4.83. The molecule has 3 aromatic rings. The Bertz CT molecular complexity index is 871. The molecule has 0 radical (unpaired) electrons. The number of aliphatic hydroxyl groups is 1. The van der Waals surface area contributed by atoms with Gasteiger partial charge in [-0.1, -0.05) is 12.1 Å². The highest BCUT2D eigenvalue weighted by Crippen LogP contribution is 2.26. The number of benzene rings is 1. The van der Waals surface area contributed by atoms with Gasteiger partial charge in [0.15, 0.2) is 5.82 Å². The van der Waals surface area contributed by atoms with Crippen LogP contribution in [0.1, 0.15) is 23.1 Å². The molecule has 118 valence electrons. The number of nitrogens with zero attached hydrogens (tertiary/aromatic N) is 2. The predicted octanol–water partition coefficient (Wildman–Crippen LogP) is 2.44. The van der Waals surface area contributed by atoms with E-state index in [1.165, 1.54) is 0 Å². The largest absolute Gasteiger partial charge is 0.481 e. The number of hydrogen-bond donors (Lipinski definition) is 3. The number of carboxylic acids is 1. The lowest BCUT2D eigenvalue weighted by Crippen LogP contribution is -1.98. The van der Waals surface area contributed by atoms with E-state index < -0.39 is 5.97 Å². The van der Waals surface area contributed by atoms with E-state index in [0.717, 1.165) is 22.2 Å². The number of carbonyl (C=O) groups is 1. The van der Waals surface area contributed by atoms with Crippen molar-refractivity contribution in [2.75, 3.05) is 0 Å². The summed E-state index contributed by atoms with van der Waals surface area (Å²) in [5, 5.41) is 18.4. The summed E-state index contributed by atoms with van der Waals surface area (Å²) in [6.45, 7) is 1.84. The molecule has 0 saturated carbocycles. The van der Waals surface area contributed by atoms with E-state index in [4.69, 9.17) is 5.11 Å². The summed E-state index contributed by atoms with van der Waals surface area (Å²) in [4.78, 5) is 22.9. The van der Waals surface area contributed by atoms with Crippen molar-refractivity contribution in [1.29, 1.82) is 0 Å². The second-order valence-electron chi connectivity index (χ2n) is 5.47. The number of aromatic amines is 1. The maximum Gasteiger partial charge on any atom is 0.303 e. The maximum atomic E-state index is 10.8. The van der Waals surface area contributed by atoms with Crippen molar-refractivity contribution < 1.29 is 15.0 Å². The molecule has 0 bridgehead atoms. The number of carboxylic acid groups (broad SMARTS) is 1. The van der Waals surface area contributed by atoms with Crippen LogP contribution in [0.2, 0.25) is 0 Å². The fourth-order valence-electron chi connectivity index (χ4n) is 2.67. The quantitative estimate of drug-likeness (QED) is 0.672. The fourth-order valence-corrected chi connectivity index (χ4v) is 2.67. The highest BCUT2D eigenvalue weighted by molar-refractivity contribution is 5.83. The molecule has 0 fully saturated rings. The number of rotatable bonds is 5. The van der Waals surface area contributed by atoms with Gasteiger partial charge in [0.25, 0.3) is 0 Å². The van der Waals surface area contributed by atoms with Gasteiger partial charge in [0.1, 0.15) is 5.69 Å². The van der Waals surface area contributed by atoms with Gasteiger partial charge in [0.2, 0.25) is 0 Å². The second kappa shape index (κ2) is 6.18. The molecule has 0 aliphatic heterocycles. The maximum absolute atomic E-state index is 10.8. The van der Waals surface area contributed by atoms with Gasteiger partial charge in [-0.2, -0.15) is 0 Å². The Kier molecular flexibility index (Phi) is 4.08. The molecule has 6 nitrogen and oxygen atoms in total. The van der Waals surface area contributed by atoms with Crippen molar-refractivity contribution in [2.45, 2.75) is 26.4 Å². The lowest BCUT2D eigenvalue weighted by molar-refractivity contribution is -0.136. The van der Waals surface area contributed by atoms with E-state index >= 15 is 0 Å². The van der Waals surface area contributed by atoms with Crippen LogP contribution in [0.3, 0.4) is 0 Å². The van der Waals surface area contributed by atoms with Crippen LogP contribution in [-0.2, 0) is 17.8 Å². The zero-order chi connectivity index (χ0) is 16.4. The molecular formula is C17H17N3O3. The molecular weight excluding hydrogens is 294 g/mol. The Morgan fingerprint density at radius 3 is 2.87 bits per heavy atom. The van der Waals surface area contributed by atoms with Gasteiger partial charge < -0.3 is 15.2 Å². The minimum absolute atomic E-state index is 0.0678. The first kappa shape index (κ1) is 15.2. The van der Waals surface area contributed by atoms with Crippen LogP contribution in [0.5, 0.6) is 0 Å². The third-order valence-electron chi connectivity index (χ3n) is 3.71. The number of aryl methyl sites for hydroxylation is 2. The minimum Gasteiger partial charge on any atom is -0.481 e. The Morgan fingerprint density at radius 1 is 1.30 bits per heavy atom. The zero-order valence-electron chi connectivity index (χ0n) is 12.7. The van der Waals surface area contributed by atoms with Gasteiger partial charge >= 0.3 is 5.97 Å². The van der Waals surface area contributed by atoms with Gasteiger partial charge in [0, 0.05) is 18.2 Å². The lowest BCUT2D eigenvalue weighted by atomic mass is 10.1. The molecule has 1 aromatic carbocycles. The van der Waals surface area contributed by atoms with Gasteiger partial charge in [-0.15, -0.1) is 0 Å². The van der Waals surface area contributed by atoms with E-state index in [1.807, 2.05) is 19.1 Å². The monoisotopic (exact) mass is 311 g/mol. The molecule has 2 heterocycles. The summed E-state index contributed by atoms with van der Waals surface area (Å²) in [6.07, 6.45) is 2.15. The first-order chi connectivity index (χ1) is 11.1. The molecule has 0 aliphatic carbocycles. The number of pyridine rings is 1. The van der Waals surface area contributed by atoms with Crippen LogP contribution in [0.25, 0.3) is 22.6 Å². The molecule has 0 atom stereocenters.